The molecule has 2 heterocycles. The minimum absolute atomic E-state index is 0.0499. The van der Waals surface area contributed by atoms with E-state index < -0.39 is 71.4 Å². The summed E-state index contributed by atoms with van der Waals surface area (Å²) in [5.41, 5.74) is 8.21. The fourth-order valence-electron chi connectivity index (χ4n) is 11.7. The number of likely N-dealkylation sites (tertiary alicyclic amines) is 1. The van der Waals surface area contributed by atoms with Crippen LogP contribution in [0.2, 0.25) is 0 Å². The molecule has 1 aliphatic rings. The van der Waals surface area contributed by atoms with Crippen molar-refractivity contribution in [3.8, 4) is 0 Å². The van der Waals surface area contributed by atoms with Gasteiger partial charge in [0, 0.05) is 96.1 Å². The number of carbonyl (C=O) groups is 9. The molecular formula is C65H107N9O12. The number of likely N-dealkylation sites (N-methyl/N-ethyl adjacent to an activating group) is 2. The molecule has 1 aromatic heterocycles. The first-order valence-electron chi connectivity index (χ1n) is 31.6. The topological polar surface area (TPSA) is 269 Å². The molecule has 2 aromatic rings. The molecule has 0 spiro atoms. The lowest BCUT2D eigenvalue weighted by Gasteiger charge is -2.41. The van der Waals surface area contributed by atoms with Crippen LogP contribution in [-0.2, 0) is 65.5 Å². The predicted octanol–water partition coefficient (Wildman–Crippen LogP) is 7.99. The van der Waals surface area contributed by atoms with Gasteiger partial charge in [0.05, 0.1) is 36.6 Å². The third kappa shape index (κ3) is 20.6. The number of unbranched alkanes of at least 4 members (excludes halogenated alkanes) is 3. The normalized spacial score (nSPS) is 15.8. The van der Waals surface area contributed by atoms with E-state index in [-0.39, 0.29) is 73.5 Å². The summed E-state index contributed by atoms with van der Waals surface area (Å²) in [6, 6.07) is 2.84. The van der Waals surface area contributed by atoms with Crippen LogP contribution in [0.4, 0.5) is 0 Å². The van der Waals surface area contributed by atoms with Gasteiger partial charge in [-0.2, -0.15) is 0 Å². The average molecular weight is 1210 g/mol. The largest absolute Gasteiger partial charge is 0.480 e. The summed E-state index contributed by atoms with van der Waals surface area (Å²) in [6.45, 7) is 23.6. The second-order valence-electron chi connectivity index (χ2n) is 24.4. The van der Waals surface area contributed by atoms with Gasteiger partial charge in [-0.15, -0.1) is 0 Å². The zero-order valence-corrected chi connectivity index (χ0v) is 54.9. The number of aliphatic carboxylic acids is 1. The molecule has 8 atom stereocenters. The molecule has 21 nitrogen and oxygen atoms in total. The number of aryl methyl sites for hydroxylation is 1. The van der Waals surface area contributed by atoms with Gasteiger partial charge in [0.1, 0.15) is 17.8 Å². The van der Waals surface area contributed by atoms with Crippen molar-refractivity contribution in [3.63, 3.8) is 0 Å². The molecule has 484 valence electrons. The molecule has 1 fully saturated rings. The van der Waals surface area contributed by atoms with Crippen LogP contribution in [-0.4, -0.2) is 167 Å². The number of carboxylic acids is 1. The van der Waals surface area contributed by atoms with E-state index in [1.54, 1.807) is 62.7 Å². The van der Waals surface area contributed by atoms with Crippen molar-refractivity contribution in [1.82, 2.24) is 46.1 Å². The van der Waals surface area contributed by atoms with E-state index in [9.17, 15) is 48.3 Å². The zero-order chi connectivity index (χ0) is 64.6. The van der Waals surface area contributed by atoms with Crippen molar-refractivity contribution in [2.24, 2.45) is 23.2 Å². The van der Waals surface area contributed by atoms with E-state index in [1.807, 2.05) is 54.5 Å². The standard InChI is InChI=1S/C65H107N9O12/c1-17-22-28-45-32-33-47-46(40-66-48(47)37-45)38-49(63(82)83)67-60(79)44(11)59(86-16)50-29-26-36-73(50)55(78)39-51(85-15)58(43(10)18-2)72(14)62(81)56(41(6)7)68-61(80)57(42(8)9)71(13)34-27-31-53(76)70-69-52(75)30-24-23-25-35-74(54(77)19-3)64(84)65(12,20-4)21-5/h32-33,37,40-41,43-44,49-51,56,58-59,66H,17-31,34-36,38-39H2,1-16H3,(H,67,79)(H,68,80)(H,69,75)(H,70,76)(H,82,83)/t43-,44+,49-,50-,51+,56-,58-,59+/m0/s1. The van der Waals surface area contributed by atoms with Crippen molar-refractivity contribution < 1.29 is 57.7 Å². The molecule has 0 unspecified atom stereocenters. The van der Waals surface area contributed by atoms with Crippen LogP contribution in [0.3, 0.4) is 0 Å². The Morgan fingerprint density at radius 3 is 2.05 bits per heavy atom. The van der Waals surface area contributed by atoms with E-state index in [0.29, 0.717) is 88.7 Å². The molecular weight excluding hydrogens is 1100 g/mol. The number of fused-ring (bicyclic) bond motifs is 1. The Balaban J connectivity index is 1.62. The minimum Gasteiger partial charge on any atom is -0.480 e. The van der Waals surface area contributed by atoms with Crippen LogP contribution in [0, 0.1) is 23.2 Å². The number of methoxy groups -OCH3 is 2. The highest BCUT2D eigenvalue weighted by Gasteiger charge is 2.44. The maximum atomic E-state index is 14.7. The highest BCUT2D eigenvalue weighted by molar-refractivity contribution is 5.98. The van der Waals surface area contributed by atoms with Crippen molar-refractivity contribution in [1.29, 1.82) is 0 Å². The number of nitrogens with one attached hydrogen (secondary N) is 5. The summed E-state index contributed by atoms with van der Waals surface area (Å²) in [5, 5.41) is 17.0. The van der Waals surface area contributed by atoms with Crippen molar-refractivity contribution in [2.45, 2.75) is 229 Å². The van der Waals surface area contributed by atoms with E-state index in [1.165, 1.54) is 24.7 Å². The quantitative estimate of drug-likeness (QED) is 0.0213. The number of hydrogen-bond acceptors (Lipinski definition) is 12. The van der Waals surface area contributed by atoms with Crippen LogP contribution in [0.15, 0.2) is 35.7 Å². The minimum atomic E-state index is -1.22. The summed E-state index contributed by atoms with van der Waals surface area (Å²) < 4.78 is 12.1. The summed E-state index contributed by atoms with van der Waals surface area (Å²) in [7, 11) is 6.39. The third-order valence-corrected chi connectivity index (χ3v) is 17.7. The Labute approximate surface area is 512 Å². The molecule has 8 amide bonds. The van der Waals surface area contributed by atoms with Crippen LogP contribution < -0.4 is 21.5 Å². The molecule has 86 heavy (non-hydrogen) atoms. The molecule has 3 rings (SSSR count). The molecule has 0 aliphatic carbocycles. The fourth-order valence-corrected chi connectivity index (χ4v) is 11.7. The van der Waals surface area contributed by atoms with Crippen molar-refractivity contribution >= 4 is 64.1 Å². The lowest BCUT2D eigenvalue weighted by Crippen LogP contribution is -2.58. The number of nitrogens with zero attached hydrogens (tertiary/aromatic N) is 4. The SMILES string of the molecule is CCCCc1ccc2c(C[C@H](NC(=O)[C@H](C)[C@@H](OC)[C@@H]3CCCN3C(=O)C[C@@H](OC)[C@H]([C@@H](C)CC)N(C)C(=O)[C@@H](NC(=O)C(=C(C)C)N(C)CCCC(=O)NNC(=O)CCCCCN(C(=O)CC)C(=O)C(C)(CC)CC)C(C)C)C(=O)O)c[nH]c2c1. The number of amides is 8. The molecule has 1 aromatic carbocycles. The van der Waals surface area contributed by atoms with Gasteiger partial charge in [-0.3, -0.25) is 54.1 Å². The number of benzene rings is 1. The number of rotatable bonds is 37. The Hall–Kier alpha value is -6.35. The molecule has 6 N–H and O–H groups in total. The molecule has 0 saturated carbocycles. The van der Waals surface area contributed by atoms with Gasteiger partial charge >= 0.3 is 5.97 Å². The van der Waals surface area contributed by atoms with E-state index >= 15 is 0 Å². The van der Waals surface area contributed by atoms with Crippen LogP contribution in [0.5, 0.6) is 0 Å². The molecule has 0 bridgehead atoms. The van der Waals surface area contributed by atoms with Crippen molar-refractivity contribution in [3.05, 3.63) is 46.8 Å². The average Bonchev–Trinajstić information content (AvgIpc) is 2.35. The number of imide groups is 1. The number of aromatic nitrogens is 1. The maximum absolute atomic E-state index is 14.7. The summed E-state index contributed by atoms with van der Waals surface area (Å²) >= 11 is 0. The zero-order valence-electron chi connectivity index (χ0n) is 54.9. The number of aromatic amines is 1. The number of hydrazine groups is 1. The van der Waals surface area contributed by atoms with E-state index in [0.717, 1.165) is 35.7 Å². The molecule has 0 radical (unpaired) electrons. The van der Waals surface area contributed by atoms with Crippen LogP contribution in [0.1, 0.15) is 191 Å². The smallest absolute Gasteiger partial charge is 0.326 e. The van der Waals surface area contributed by atoms with Gasteiger partial charge in [0.25, 0.3) is 5.91 Å². The Kier molecular flexibility index (Phi) is 31.0. The van der Waals surface area contributed by atoms with Gasteiger partial charge in [-0.05, 0) is 106 Å². The van der Waals surface area contributed by atoms with Crippen molar-refractivity contribution in [2.75, 3.05) is 47.9 Å². The first kappa shape index (κ1) is 73.9. The number of carboxylic acid groups (broad SMARTS) is 1. The van der Waals surface area contributed by atoms with Gasteiger partial charge in [0.15, 0.2) is 0 Å². The Bertz CT molecular complexity index is 2610. The summed E-state index contributed by atoms with van der Waals surface area (Å²) in [5.74, 6) is -5.24. The number of hydrogen-bond donors (Lipinski definition) is 6. The first-order valence-corrected chi connectivity index (χ1v) is 31.6. The third-order valence-electron chi connectivity index (χ3n) is 17.7. The van der Waals surface area contributed by atoms with Crippen LogP contribution >= 0.6 is 0 Å². The number of H-pyrrole nitrogens is 1. The summed E-state index contributed by atoms with van der Waals surface area (Å²) in [6.07, 6.45) is 8.86. The Morgan fingerprint density at radius 2 is 1.49 bits per heavy atom. The number of allylic oxidation sites excluding steroid dienone is 1. The number of carbonyl (C=O) groups excluding carboxylic acids is 8. The molecule has 1 aliphatic heterocycles. The number of ether oxygens (including phenoxy) is 2. The van der Waals surface area contributed by atoms with Crippen LogP contribution in [0.25, 0.3) is 10.9 Å². The first-order chi connectivity index (χ1) is 40.7. The van der Waals surface area contributed by atoms with Gasteiger partial charge in [-0.1, -0.05) is 101 Å². The van der Waals surface area contributed by atoms with Gasteiger partial charge < -0.3 is 44.9 Å². The Morgan fingerprint density at radius 1 is 0.837 bits per heavy atom. The lowest BCUT2D eigenvalue weighted by molar-refractivity contribution is -0.152. The fraction of sp³-hybridized carbons (Fsp3) is 0.708. The molecule has 1 saturated heterocycles. The lowest BCUT2D eigenvalue weighted by atomic mass is 9.83. The maximum Gasteiger partial charge on any atom is 0.326 e. The summed E-state index contributed by atoms with van der Waals surface area (Å²) in [4.78, 5) is 131. The van der Waals surface area contributed by atoms with Gasteiger partial charge in [-0.25, -0.2) is 4.79 Å². The van der Waals surface area contributed by atoms with E-state index in [4.69, 9.17) is 9.47 Å². The molecule has 21 heteroatoms. The highest BCUT2D eigenvalue weighted by atomic mass is 16.5. The predicted molar refractivity (Wildman–Crippen MR) is 334 cm³/mol. The van der Waals surface area contributed by atoms with Gasteiger partial charge in [0.2, 0.25) is 41.4 Å². The van der Waals surface area contributed by atoms with E-state index in [2.05, 4.69) is 45.5 Å². The monoisotopic (exact) mass is 1210 g/mol. The second kappa shape index (κ2) is 36.1. The highest BCUT2D eigenvalue weighted by Crippen LogP contribution is 2.32. The second-order valence-corrected chi connectivity index (χ2v) is 24.4.